The van der Waals surface area contributed by atoms with Gasteiger partial charge in [-0.1, -0.05) is 6.42 Å². The minimum atomic E-state index is -4.83. The first-order chi connectivity index (χ1) is 19.6. The minimum Gasteiger partial charge on any atom is -0.380 e. The Morgan fingerprint density at radius 2 is 1.78 bits per heavy atom. The van der Waals surface area contributed by atoms with Gasteiger partial charge in [-0.3, -0.25) is 9.59 Å². The number of rotatable bonds is 6. The number of halogens is 5. The second-order valence-electron chi connectivity index (χ2n) is 10.8. The summed E-state index contributed by atoms with van der Waals surface area (Å²) in [6.45, 7) is 0.335. The zero-order valence-corrected chi connectivity index (χ0v) is 23.8. The number of pyridine rings is 1. The first-order valence-corrected chi connectivity index (χ1v) is 14.3. The zero-order chi connectivity index (χ0) is 28.9. The van der Waals surface area contributed by atoms with Crippen LogP contribution in [0.4, 0.5) is 23.2 Å². The number of anilines is 1. The SMILES string of the molecule is O=c1c2cc(F)c(-c3ncc(C4CC4)cn3)cc2ccn1C[C@@H]1CCC[C@H](Nc2cnn(I)c(=O)c2C(F)(F)F)C1. The molecule has 4 aromatic rings. The number of fused-ring (bicyclic) bond motifs is 1. The Morgan fingerprint density at radius 1 is 1.02 bits per heavy atom. The van der Waals surface area contributed by atoms with Gasteiger partial charge in [-0.25, -0.2) is 14.4 Å². The van der Waals surface area contributed by atoms with Crippen molar-refractivity contribution in [3.63, 3.8) is 0 Å². The second-order valence-corrected chi connectivity index (χ2v) is 11.7. The van der Waals surface area contributed by atoms with Crippen LogP contribution in [0.15, 0.2) is 52.6 Å². The van der Waals surface area contributed by atoms with E-state index in [0.29, 0.717) is 33.6 Å². The normalized spacial score (nSPS) is 19.4. The quantitative estimate of drug-likeness (QED) is 0.201. The third-order valence-corrected chi connectivity index (χ3v) is 8.53. The van der Waals surface area contributed by atoms with Crippen molar-refractivity contribution in [1.82, 2.24) is 22.5 Å². The molecule has 41 heavy (non-hydrogen) atoms. The van der Waals surface area contributed by atoms with Crippen LogP contribution in [0.25, 0.3) is 22.2 Å². The van der Waals surface area contributed by atoms with Gasteiger partial charge in [0.15, 0.2) is 5.82 Å². The molecule has 214 valence electrons. The molecule has 1 N–H and O–H groups in total. The average Bonchev–Trinajstić information content (AvgIpc) is 3.78. The third kappa shape index (κ3) is 5.72. The lowest BCUT2D eigenvalue weighted by atomic mass is 9.85. The van der Waals surface area contributed by atoms with Gasteiger partial charge in [0.05, 0.1) is 45.7 Å². The Hall–Kier alpha value is -3.36. The molecule has 0 aliphatic heterocycles. The molecule has 1 aromatic carbocycles. The van der Waals surface area contributed by atoms with E-state index in [4.69, 9.17) is 0 Å². The van der Waals surface area contributed by atoms with E-state index in [1.165, 1.54) is 33.5 Å². The molecule has 0 amide bonds. The summed E-state index contributed by atoms with van der Waals surface area (Å²) in [4.78, 5) is 34.1. The molecule has 0 bridgehead atoms. The first kappa shape index (κ1) is 27.8. The van der Waals surface area contributed by atoms with E-state index in [1.807, 2.05) is 0 Å². The van der Waals surface area contributed by atoms with Gasteiger partial charge in [-0.15, -0.1) is 0 Å². The largest absolute Gasteiger partial charge is 0.423 e. The Bertz CT molecular complexity index is 1730. The number of nitrogens with zero attached hydrogens (tertiary/aromatic N) is 5. The lowest BCUT2D eigenvalue weighted by Gasteiger charge is -2.31. The summed E-state index contributed by atoms with van der Waals surface area (Å²) >= 11 is 1.42. The van der Waals surface area contributed by atoms with Crippen LogP contribution in [0.3, 0.4) is 0 Å². The summed E-state index contributed by atoms with van der Waals surface area (Å²) < 4.78 is 58.1. The molecule has 2 fully saturated rings. The van der Waals surface area contributed by atoms with Crippen molar-refractivity contribution in [2.24, 2.45) is 5.92 Å². The summed E-state index contributed by atoms with van der Waals surface area (Å²) in [6.07, 6.45) is 6.16. The fourth-order valence-corrected chi connectivity index (χ4v) is 5.99. The van der Waals surface area contributed by atoms with Crippen molar-refractivity contribution in [2.75, 3.05) is 5.32 Å². The topological polar surface area (TPSA) is 94.7 Å². The van der Waals surface area contributed by atoms with Crippen molar-refractivity contribution in [3.05, 3.63) is 80.6 Å². The van der Waals surface area contributed by atoms with Crippen LogP contribution in [-0.2, 0) is 12.7 Å². The molecule has 0 spiro atoms. The van der Waals surface area contributed by atoms with Crippen LogP contribution in [0, 0.1) is 11.7 Å². The number of alkyl halides is 3. The summed E-state index contributed by atoms with van der Waals surface area (Å²) in [5.41, 5.74) is -1.93. The molecule has 0 saturated heterocycles. The van der Waals surface area contributed by atoms with Gasteiger partial charge >= 0.3 is 6.18 Å². The van der Waals surface area contributed by atoms with E-state index in [2.05, 4.69) is 20.4 Å². The van der Waals surface area contributed by atoms with Gasteiger partial charge in [0.1, 0.15) is 11.4 Å². The van der Waals surface area contributed by atoms with Crippen molar-refractivity contribution >= 4 is 39.3 Å². The molecule has 2 aliphatic rings. The Kier molecular flexibility index (Phi) is 7.32. The summed E-state index contributed by atoms with van der Waals surface area (Å²) in [6, 6.07) is 4.22. The fraction of sp³-hybridized carbons (Fsp3) is 0.393. The van der Waals surface area contributed by atoms with Crippen LogP contribution in [0.2, 0.25) is 0 Å². The molecule has 8 nitrogen and oxygen atoms in total. The molecule has 2 saturated carbocycles. The fourth-order valence-electron chi connectivity index (χ4n) is 5.63. The van der Waals surface area contributed by atoms with Crippen LogP contribution < -0.4 is 16.4 Å². The maximum Gasteiger partial charge on any atom is 0.423 e. The molecule has 2 aliphatic carbocycles. The molecule has 0 radical (unpaired) electrons. The highest BCUT2D eigenvalue weighted by molar-refractivity contribution is 14.1. The highest BCUT2D eigenvalue weighted by atomic mass is 127. The van der Waals surface area contributed by atoms with Gasteiger partial charge in [0.25, 0.3) is 11.1 Å². The first-order valence-electron chi connectivity index (χ1n) is 13.4. The van der Waals surface area contributed by atoms with Crippen molar-refractivity contribution in [2.45, 2.75) is 63.2 Å². The molecule has 13 heteroatoms. The molecule has 6 rings (SSSR count). The maximum atomic E-state index is 15.1. The summed E-state index contributed by atoms with van der Waals surface area (Å²) in [7, 11) is 0. The lowest BCUT2D eigenvalue weighted by Crippen LogP contribution is -2.34. The molecule has 0 unspecified atom stereocenters. The van der Waals surface area contributed by atoms with E-state index >= 15 is 4.39 Å². The Labute approximate surface area is 245 Å². The van der Waals surface area contributed by atoms with E-state index in [9.17, 15) is 22.8 Å². The van der Waals surface area contributed by atoms with Crippen LogP contribution >= 0.6 is 22.9 Å². The minimum absolute atomic E-state index is 0.00820. The molecule has 3 heterocycles. The monoisotopic (exact) mass is 680 g/mol. The maximum absolute atomic E-state index is 15.1. The van der Waals surface area contributed by atoms with E-state index < -0.39 is 23.1 Å². The van der Waals surface area contributed by atoms with E-state index in [1.54, 1.807) is 30.7 Å². The summed E-state index contributed by atoms with van der Waals surface area (Å²) in [5, 5.41) is 7.41. The molecule has 3 aromatic heterocycles. The Balaban J connectivity index is 1.20. The van der Waals surface area contributed by atoms with Crippen molar-refractivity contribution in [3.8, 4) is 11.4 Å². The highest BCUT2D eigenvalue weighted by Crippen LogP contribution is 2.39. The number of nitrogens with one attached hydrogen (secondary N) is 1. The number of hydrogen-bond acceptors (Lipinski definition) is 6. The van der Waals surface area contributed by atoms with Gasteiger partial charge in [-0.05, 0) is 73.1 Å². The van der Waals surface area contributed by atoms with Crippen LogP contribution in [0.5, 0.6) is 0 Å². The van der Waals surface area contributed by atoms with Crippen molar-refractivity contribution in [1.29, 1.82) is 0 Å². The third-order valence-electron chi connectivity index (χ3n) is 7.85. The Morgan fingerprint density at radius 3 is 2.49 bits per heavy atom. The molecular weight excluding hydrogens is 655 g/mol. The number of aromatic nitrogens is 5. The van der Waals surface area contributed by atoms with Gasteiger partial charge in [0.2, 0.25) is 0 Å². The number of benzene rings is 1. The second kappa shape index (κ2) is 10.8. The molecule has 2 atom stereocenters. The zero-order valence-electron chi connectivity index (χ0n) is 21.7. The van der Waals surface area contributed by atoms with Gasteiger partial charge in [0, 0.05) is 31.2 Å². The standard InChI is InChI=1S/C28H25F4IN6O2/c29-22-10-20-17(9-21(22)25-34-11-18(12-35-25)16-4-5-16)6-7-38(26(20)40)14-15-2-1-3-19(8-15)37-23-13-36-39(33)27(41)24(23)28(30,31)32/h6-7,9-13,15-16,19,37H,1-5,8,14H2/t15-,19+/m1/s1. The predicted molar refractivity (Wildman–Crippen MR) is 153 cm³/mol. The van der Waals surface area contributed by atoms with Crippen molar-refractivity contribution < 1.29 is 17.6 Å². The highest BCUT2D eigenvalue weighted by Gasteiger charge is 2.39. The van der Waals surface area contributed by atoms with Gasteiger partial charge < -0.3 is 9.88 Å². The number of hydrogen-bond donors (Lipinski definition) is 1. The summed E-state index contributed by atoms with van der Waals surface area (Å²) in [5.74, 6) is 0.154. The van der Waals surface area contributed by atoms with E-state index in [-0.39, 0.29) is 40.0 Å². The molecular formula is C28H25F4IN6O2. The average molecular weight is 680 g/mol. The smallest absolute Gasteiger partial charge is 0.380 e. The van der Waals surface area contributed by atoms with Crippen LogP contribution in [-0.4, -0.2) is 28.6 Å². The van der Waals surface area contributed by atoms with E-state index in [0.717, 1.165) is 37.4 Å². The van der Waals surface area contributed by atoms with Crippen LogP contribution in [0.1, 0.15) is 55.6 Å². The predicted octanol–water partition coefficient (Wildman–Crippen LogP) is 5.92. The lowest BCUT2D eigenvalue weighted by molar-refractivity contribution is -0.138. The van der Waals surface area contributed by atoms with Gasteiger partial charge in [-0.2, -0.15) is 21.2 Å².